The number of anilines is 1. The van der Waals surface area contributed by atoms with Crippen molar-refractivity contribution >= 4 is 87.1 Å². The first-order valence-corrected chi connectivity index (χ1v) is 12.8. The third-order valence-electron chi connectivity index (χ3n) is 6.61. The van der Waals surface area contributed by atoms with Crippen LogP contribution in [0.15, 0.2) is 36.4 Å². The van der Waals surface area contributed by atoms with Crippen LogP contribution in [0.3, 0.4) is 0 Å². The molecule has 3 aliphatic rings. The number of imide groups is 1. The maximum absolute atomic E-state index is 13.7. The largest absolute Gasteiger partial charge is 0.454 e. The summed E-state index contributed by atoms with van der Waals surface area (Å²) in [4.78, 5) is 53.8. The molecule has 3 aromatic carbocycles. The molecule has 0 saturated carbocycles. The summed E-state index contributed by atoms with van der Waals surface area (Å²) in [6.07, 6.45) is 0. The van der Waals surface area contributed by atoms with E-state index >= 15 is 0 Å². The average molecular weight is 630 g/mol. The van der Waals surface area contributed by atoms with E-state index in [9.17, 15) is 24.5 Å². The van der Waals surface area contributed by atoms with Gasteiger partial charge in [-0.1, -0.05) is 64.1 Å². The second kappa shape index (κ2) is 9.14. The van der Waals surface area contributed by atoms with Crippen molar-refractivity contribution in [3.8, 4) is 11.5 Å². The summed E-state index contributed by atoms with van der Waals surface area (Å²) in [7, 11) is 0. The fourth-order valence-electron chi connectivity index (χ4n) is 4.89. The number of nitrogens with zero attached hydrogens (tertiary/aromatic N) is 3. The van der Waals surface area contributed by atoms with Gasteiger partial charge in [-0.25, -0.2) is 0 Å². The van der Waals surface area contributed by atoms with Crippen molar-refractivity contribution in [2.24, 2.45) is 0 Å². The Morgan fingerprint density at radius 1 is 0.769 bits per heavy atom. The Bertz CT molecular complexity index is 1630. The van der Waals surface area contributed by atoms with Gasteiger partial charge in [-0.15, -0.1) is 0 Å². The van der Waals surface area contributed by atoms with Crippen molar-refractivity contribution in [3.05, 3.63) is 88.3 Å². The van der Waals surface area contributed by atoms with Crippen LogP contribution in [0.4, 0.5) is 11.4 Å². The lowest BCUT2D eigenvalue weighted by atomic mass is 9.86. The molecule has 0 unspecified atom stereocenters. The second-order valence-corrected chi connectivity index (χ2v) is 10.5. The van der Waals surface area contributed by atoms with Crippen LogP contribution in [0.5, 0.6) is 11.5 Å². The second-order valence-electron chi connectivity index (χ2n) is 8.59. The van der Waals surface area contributed by atoms with Crippen molar-refractivity contribution in [2.75, 3.05) is 11.7 Å². The molecule has 0 radical (unpaired) electrons. The summed E-state index contributed by atoms with van der Waals surface area (Å²) >= 11 is 30.7. The number of hydrogen-bond acceptors (Lipinski definition) is 7. The molecule has 0 N–H and O–H groups in total. The summed E-state index contributed by atoms with van der Waals surface area (Å²) in [6, 6.07) is 6.03. The number of carbonyl (C=O) groups is 3. The van der Waals surface area contributed by atoms with E-state index in [0.717, 1.165) is 11.0 Å². The maximum Gasteiger partial charge on any atom is 0.294 e. The maximum atomic E-state index is 13.7. The Morgan fingerprint density at radius 3 is 2.00 bits per heavy atom. The van der Waals surface area contributed by atoms with E-state index in [4.69, 9.17) is 67.5 Å². The van der Waals surface area contributed by atoms with Gasteiger partial charge in [0.15, 0.2) is 11.5 Å². The molecule has 3 amide bonds. The number of amides is 3. The van der Waals surface area contributed by atoms with Crippen molar-refractivity contribution in [1.82, 2.24) is 4.90 Å². The SMILES string of the molecule is O=C1c2c(Cl)c(Cl)c(Cl)c(Cl)c2C(=O)N1[C@H]1C(=O)N(c2ccc(Cl)cc2[N+](=O)[O-])[C@@H]1c1ccc2c(c1)OCO2. The summed E-state index contributed by atoms with van der Waals surface area (Å²) in [6.45, 7) is -0.0326. The molecule has 2 atom stereocenters. The molecular weight excluding hydrogens is 620 g/mol. The number of β-lactam (4-membered cyclic amide) rings is 1. The highest BCUT2D eigenvalue weighted by molar-refractivity contribution is 6.55. The summed E-state index contributed by atoms with van der Waals surface area (Å²) in [5.41, 5.74) is -0.736. The van der Waals surface area contributed by atoms with Crippen LogP contribution in [0.25, 0.3) is 0 Å². The number of hydrogen-bond donors (Lipinski definition) is 0. The van der Waals surface area contributed by atoms with Gasteiger partial charge in [0.2, 0.25) is 6.79 Å². The molecule has 0 aliphatic carbocycles. The fourth-order valence-corrected chi connectivity index (χ4v) is 6.07. The highest BCUT2D eigenvalue weighted by Gasteiger charge is 2.59. The first-order chi connectivity index (χ1) is 18.5. The molecule has 198 valence electrons. The zero-order valence-corrected chi connectivity index (χ0v) is 22.7. The summed E-state index contributed by atoms with van der Waals surface area (Å²) in [5, 5.41) is 10.9. The van der Waals surface area contributed by atoms with Gasteiger partial charge in [0, 0.05) is 11.1 Å². The molecular formula is C24H10Cl5N3O7. The highest BCUT2D eigenvalue weighted by Crippen LogP contribution is 2.51. The number of rotatable bonds is 4. The molecule has 1 saturated heterocycles. The average Bonchev–Trinajstić information content (AvgIpc) is 3.47. The Kier molecular flexibility index (Phi) is 6.09. The third kappa shape index (κ3) is 3.66. The van der Waals surface area contributed by atoms with Crippen molar-refractivity contribution in [2.45, 2.75) is 12.1 Å². The molecule has 3 aromatic rings. The highest BCUT2D eigenvalue weighted by atomic mass is 35.5. The van der Waals surface area contributed by atoms with E-state index in [1.54, 1.807) is 18.2 Å². The lowest BCUT2D eigenvalue weighted by Gasteiger charge is -2.49. The first kappa shape index (κ1) is 26.0. The Labute approximate surface area is 243 Å². The zero-order valence-electron chi connectivity index (χ0n) is 18.9. The predicted molar refractivity (Wildman–Crippen MR) is 142 cm³/mol. The van der Waals surface area contributed by atoms with Crippen LogP contribution in [0, 0.1) is 10.1 Å². The number of nitro benzene ring substituents is 1. The monoisotopic (exact) mass is 627 g/mol. The van der Waals surface area contributed by atoms with Gasteiger partial charge in [-0.2, -0.15) is 0 Å². The zero-order chi connectivity index (χ0) is 27.9. The van der Waals surface area contributed by atoms with E-state index < -0.39 is 40.4 Å². The number of fused-ring (bicyclic) bond motifs is 2. The fraction of sp³-hybridized carbons (Fsp3) is 0.125. The molecule has 3 heterocycles. The number of benzene rings is 3. The molecule has 0 spiro atoms. The van der Waals surface area contributed by atoms with E-state index in [1.165, 1.54) is 12.1 Å². The Hall–Kier alpha value is -3.28. The van der Waals surface area contributed by atoms with Gasteiger partial charge < -0.3 is 9.47 Å². The number of carbonyl (C=O) groups excluding carboxylic acids is 3. The molecule has 0 bridgehead atoms. The van der Waals surface area contributed by atoms with Gasteiger partial charge in [0.25, 0.3) is 23.4 Å². The van der Waals surface area contributed by atoms with Crippen molar-refractivity contribution < 1.29 is 28.8 Å². The van der Waals surface area contributed by atoms with Crippen LogP contribution in [0.1, 0.15) is 32.3 Å². The van der Waals surface area contributed by atoms with Crippen LogP contribution >= 0.6 is 58.0 Å². The van der Waals surface area contributed by atoms with Crippen molar-refractivity contribution in [3.63, 3.8) is 0 Å². The molecule has 3 aliphatic heterocycles. The summed E-state index contributed by atoms with van der Waals surface area (Å²) < 4.78 is 10.8. The number of halogens is 5. The molecule has 0 aromatic heterocycles. The van der Waals surface area contributed by atoms with E-state index in [1.807, 2.05) is 0 Å². The van der Waals surface area contributed by atoms with Crippen LogP contribution in [0.2, 0.25) is 25.1 Å². The summed E-state index contributed by atoms with van der Waals surface area (Å²) in [5.74, 6) is -1.83. The minimum atomic E-state index is -1.43. The van der Waals surface area contributed by atoms with Gasteiger partial charge in [-0.05, 0) is 29.8 Å². The predicted octanol–water partition coefficient (Wildman–Crippen LogP) is 6.34. The van der Waals surface area contributed by atoms with E-state index in [2.05, 4.69) is 0 Å². The van der Waals surface area contributed by atoms with E-state index in [-0.39, 0.29) is 48.7 Å². The molecule has 10 nitrogen and oxygen atoms in total. The molecule has 15 heteroatoms. The Balaban J connectivity index is 1.51. The third-order valence-corrected chi connectivity index (χ3v) is 8.65. The standard InChI is InChI=1S/C24H10Cl5N3O7/c25-9-2-3-10(11(6-9)32(36)37)30-20(8-1-4-12-13(5-8)39-7-38-12)21(24(30)35)31-22(33)14-15(23(31)34)17(27)19(29)18(28)16(14)26/h1-6,20-21H,7H2/t20-,21-/m1/s1. The van der Waals surface area contributed by atoms with Gasteiger partial charge in [-0.3, -0.25) is 34.3 Å². The quantitative estimate of drug-likeness (QED) is 0.0825. The van der Waals surface area contributed by atoms with Gasteiger partial charge in [0.1, 0.15) is 11.7 Å². The normalized spacial score (nSPS) is 19.5. The number of nitro groups is 1. The molecule has 1 fully saturated rings. The lowest BCUT2D eigenvalue weighted by molar-refractivity contribution is -0.384. The lowest BCUT2D eigenvalue weighted by Crippen LogP contribution is -2.67. The van der Waals surface area contributed by atoms with E-state index in [0.29, 0.717) is 22.0 Å². The molecule has 6 rings (SSSR count). The minimum absolute atomic E-state index is 0.0326. The van der Waals surface area contributed by atoms with Crippen LogP contribution in [-0.4, -0.2) is 40.4 Å². The Morgan fingerprint density at radius 2 is 1.38 bits per heavy atom. The number of ether oxygens (including phenoxy) is 2. The van der Waals surface area contributed by atoms with Crippen LogP contribution < -0.4 is 14.4 Å². The van der Waals surface area contributed by atoms with Crippen molar-refractivity contribution in [1.29, 1.82) is 0 Å². The first-order valence-electron chi connectivity index (χ1n) is 10.9. The molecule has 39 heavy (non-hydrogen) atoms. The van der Waals surface area contributed by atoms with Gasteiger partial charge >= 0.3 is 0 Å². The topological polar surface area (TPSA) is 119 Å². The van der Waals surface area contributed by atoms with Gasteiger partial charge in [0.05, 0.1) is 42.2 Å². The minimum Gasteiger partial charge on any atom is -0.454 e. The smallest absolute Gasteiger partial charge is 0.294 e. The van der Waals surface area contributed by atoms with Crippen LogP contribution in [-0.2, 0) is 4.79 Å².